The molecule has 1 N–H and O–H groups in total. The van der Waals surface area contributed by atoms with Gasteiger partial charge in [-0.25, -0.2) is 8.42 Å². The number of anilines is 3. The maximum absolute atomic E-state index is 14.8. The Bertz CT molecular complexity index is 2230. The Morgan fingerprint density at radius 3 is 2.00 bits per heavy atom. The van der Waals surface area contributed by atoms with Crippen LogP contribution < -0.4 is 24.0 Å². The molecule has 6 aromatic carbocycles. The number of rotatable bonds is 11. The van der Waals surface area contributed by atoms with E-state index in [2.05, 4.69) is 9.62 Å². The summed E-state index contributed by atoms with van der Waals surface area (Å²) in [4.78, 5) is 18.7. The van der Waals surface area contributed by atoms with Gasteiger partial charge in [-0.05, 0) is 104 Å². The van der Waals surface area contributed by atoms with Crippen LogP contribution in [0.4, 0.5) is 17.1 Å². The van der Waals surface area contributed by atoms with Gasteiger partial charge in [-0.3, -0.25) is 14.4 Å². The number of amides is 1. The molecule has 9 heteroatoms. The van der Waals surface area contributed by atoms with Crippen molar-refractivity contribution < 1.29 is 22.7 Å². The predicted molar refractivity (Wildman–Crippen MR) is 201 cm³/mol. The number of benzene rings is 6. The van der Waals surface area contributed by atoms with Crippen molar-refractivity contribution in [3.8, 4) is 17.2 Å². The van der Waals surface area contributed by atoms with Gasteiger partial charge in [0.2, 0.25) is 0 Å². The molecule has 7 rings (SSSR count). The summed E-state index contributed by atoms with van der Waals surface area (Å²) in [5.41, 5.74) is 4.84. The summed E-state index contributed by atoms with van der Waals surface area (Å²) in [6, 6.07) is 46.5. The second kappa shape index (κ2) is 14.4. The first kappa shape index (κ1) is 33.4. The largest absolute Gasteiger partial charge is 0.494 e. The average molecular weight is 696 g/mol. The minimum absolute atomic E-state index is 0.0117. The van der Waals surface area contributed by atoms with Crippen molar-refractivity contribution in [2.24, 2.45) is 0 Å². The summed E-state index contributed by atoms with van der Waals surface area (Å²) in [7, 11) is -4.02. The first-order valence-electron chi connectivity index (χ1n) is 16.7. The topological polar surface area (TPSA) is 88.2 Å². The minimum atomic E-state index is -4.02. The summed E-state index contributed by atoms with van der Waals surface area (Å²) in [6.45, 7) is 4.80. The Kier molecular flexibility index (Phi) is 9.46. The van der Waals surface area contributed by atoms with Gasteiger partial charge in [-0.15, -0.1) is 0 Å². The molecule has 1 aliphatic rings. The van der Waals surface area contributed by atoms with Crippen LogP contribution in [0.2, 0.25) is 0 Å². The normalized spacial score (nSPS) is 14.2. The summed E-state index contributed by atoms with van der Waals surface area (Å²) >= 11 is 0. The van der Waals surface area contributed by atoms with E-state index in [0.717, 1.165) is 22.4 Å². The highest BCUT2D eigenvalue weighted by atomic mass is 32.2. The predicted octanol–water partition coefficient (Wildman–Crippen LogP) is 9.35. The number of para-hydroxylation sites is 1. The number of nitrogens with one attached hydrogen (secondary N) is 1. The van der Waals surface area contributed by atoms with Crippen LogP contribution in [0.3, 0.4) is 0 Å². The van der Waals surface area contributed by atoms with Gasteiger partial charge < -0.3 is 14.4 Å². The molecule has 0 fully saturated rings. The fraction of sp³-hybridized carbons (Fsp3) is 0.119. The van der Waals surface area contributed by atoms with E-state index >= 15 is 0 Å². The van der Waals surface area contributed by atoms with Crippen LogP contribution in [0.5, 0.6) is 17.2 Å². The monoisotopic (exact) mass is 695 g/mol. The highest BCUT2D eigenvalue weighted by molar-refractivity contribution is 7.92. The van der Waals surface area contributed by atoms with E-state index in [-0.39, 0.29) is 16.4 Å². The number of hydrogen-bond acceptors (Lipinski definition) is 6. The zero-order valence-electron chi connectivity index (χ0n) is 28.3. The van der Waals surface area contributed by atoms with Crippen molar-refractivity contribution in [1.29, 1.82) is 0 Å². The molecule has 256 valence electrons. The molecular formula is C42H37N3O5S. The number of sulfonamides is 1. The molecule has 1 aliphatic heterocycles. The maximum atomic E-state index is 14.8. The van der Waals surface area contributed by atoms with Crippen LogP contribution in [-0.4, -0.2) is 20.9 Å². The average Bonchev–Trinajstić information content (AvgIpc) is 3.15. The Balaban J connectivity index is 1.35. The van der Waals surface area contributed by atoms with Gasteiger partial charge in [0.25, 0.3) is 15.9 Å². The molecule has 0 aromatic heterocycles. The van der Waals surface area contributed by atoms with E-state index in [4.69, 9.17) is 9.47 Å². The van der Waals surface area contributed by atoms with Crippen molar-refractivity contribution in [3.63, 3.8) is 0 Å². The Morgan fingerprint density at radius 1 is 0.706 bits per heavy atom. The highest BCUT2D eigenvalue weighted by Gasteiger charge is 2.40. The fourth-order valence-electron chi connectivity index (χ4n) is 6.19. The van der Waals surface area contributed by atoms with Gasteiger partial charge in [0, 0.05) is 17.9 Å². The number of nitrogens with zero attached hydrogens (tertiary/aromatic N) is 2. The molecule has 1 amide bonds. The third kappa shape index (κ3) is 7.29. The lowest BCUT2D eigenvalue weighted by atomic mass is 9.99. The van der Waals surface area contributed by atoms with Gasteiger partial charge in [-0.2, -0.15) is 0 Å². The minimum Gasteiger partial charge on any atom is -0.494 e. The lowest BCUT2D eigenvalue weighted by Crippen LogP contribution is -2.49. The second-order valence-corrected chi connectivity index (χ2v) is 13.9. The number of carbonyl (C=O) groups is 1. The lowest BCUT2D eigenvalue weighted by Gasteiger charge is -2.46. The van der Waals surface area contributed by atoms with Crippen molar-refractivity contribution >= 4 is 33.0 Å². The summed E-state index contributed by atoms with van der Waals surface area (Å²) < 4.78 is 41.8. The van der Waals surface area contributed by atoms with Crippen LogP contribution >= 0.6 is 0 Å². The standard InChI is InChI=1S/C42H37N3O5S/c1-3-49-35-24-20-34(21-25-35)45-41(32-16-22-37(23-17-32)50-36-12-8-5-9-13-36)44(29-31-10-6-4-7-11-31)40-27-26-38(28-39(40)42(45)46)51(47,48)43-33-18-14-30(2)15-19-33/h4-28,41,43H,3,29H2,1-2H3/t41-/m1/s1. The van der Waals surface area contributed by atoms with Crippen LogP contribution in [0, 0.1) is 6.92 Å². The molecule has 8 nitrogen and oxygen atoms in total. The first-order chi connectivity index (χ1) is 24.8. The maximum Gasteiger partial charge on any atom is 0.262 e. The van der Waals surface area contributed by atoms with E-state index in [1.165, 1.54) is 6.07 Å². The Morgan fingerprint density at radius 2 is 1.33 bits per heavy atom. The van der Waals surface area contributed by atoms with Gasteiger partial charge in [0.15, 0.2) is 0 Å². The van der Waals surface area contributed by atoms with Crippen molar-refractivity contribution in [2.75, 3.05) is 21.1 Å². The molecule has 1 heterocycles. The molecule has 0 aliphatic carbocycles. The van der Waals surface area contributed by atoms with Crippen molar-refractivity contribution in [3.05, 3.63) is 174 Å². The molecule has 0 spiro atoms. The number of aryl methyl sites for hydroxylation is 1. The summed E-state index contributed by atoms with van der Waals surface area (Å²) in [5, 5.41) is 0. The number of hydrogen-bond donors (Lipinski definition) is 1. The number of carbonyl (C=O) groups excluding carboxylic acids is 1. The molecule has 0 saturated heterocycles. The molecule has 1 atom stereocenters. The van der Waals surface area contributed by atoms with Gasteiger partial charge >= 0.3 is 0 Å². The Hall–Kier alpha value is -6.06. The van der Waals surface area contributed by atoms with Crippen LogP contribution in [0.1, 0.15) is 40.1 Å². The third-order valence-electron chi connectivity index (χ3n) is 8.66. The fourth-order valence-corrected chi connectivity index (χ4v) is 7.28. The molecule has 0 saturated carbocycles. The molecular weight excluding hydrogens is 659 g/mol. The zero-order valence-corrected chi connectivity index (χ0v) is 29.1. The van der Waals surface area contributed by atoms with Crippen LogP contribution in [0.25, 0.3) is 0 Å². The van der Waals surface area contributed by atoms with Crippen LogP contribution in [-0.2, 0) is 16.6 Å². The summed E-state index contributed by atoms with van der Waals surface area (Å²) in [5.74, 6) is 1.73. The van der Waals surface area contributed by atoms with E-state index in [9.17, 15) is 13.2 Å². The zero-order chi connectivity index (χ0) is 35.4. The van der Waals surface area contributed by atoms with E-state index in [0.29, 0.717) is 41.7 Å². The lowest BCUT2D eigenvalue weighted by molar-refractivity contribution is 0.0968. The number of fused-ring (bicyclic) bond motifs is 1. The molecule has 0 radical (unpaired) electrons. The molecule has 6 aromatic rings. The molecule has 0 unspecified atom stereocenters. The van der Waals surface area contributed by atoms with Gasteiger partial charge in [-0.1, -0.05) is 78.4 Å². The summed E-state index contributed by atoms with van der Waals surface area (Å²) in [6.07, 6.45) is -0.595. The smallest absolute Gasteiger partial charge is 0.262 e. The van der Waals surface area contributed by atoms with E-state index < -0.39 is 16.2 Å². The van der Waals surface area contributed by atoms with Crippen molar-refractivity contribution in [2.45, 2.75) is 31.5 Å². The van der Waals surface area contributed by atoms with E-state index in [1.807, 2.05) is 135 Å². The van der Waals surface area contributed by atoms with Crippen molar-refractivity contribution in [1.82, 2.24) is 0 Å². The quantitative estimate of drug-likeness (QED) is 0.145. The second-order valence-electron chi connectivity index (χ2n) is 12.2. The number of ether oxygens (including phenoxy) is 2. The van der Waals surface area contributed by atoms with Gasteiger partial charge in [0.05, 0.1) is 22.8 Å². The first-order valence-corrected chi connectivity index (χ1v) is 18.2. The van der Waals surface area contributed by atoms with Crippen LogP contribution in [0.15, 0.2) is 157 Å². The van der Waals surface area contributed by atoms with E-state index in [1.54, 1.807) is 29.2 Å². The van der Waals surface area contributed by atoms with Gasteiger partial charge in [0.1, 0.15) is 23.4 Å². The molecule has 51 heavy (non-hydrogen) atoms. The molecule has 0 bridgehead atoms. The highest BCUT2D eigenvalue weighted by Crippen LogP contribution is 2.44. The Labute approximate surface area is 298 Å². The third-order valence-corrected chi connectivity index (χ3v) is 10.0. The SMILES string of the molecule is CCOc1ccc(N2C(=O)c3cc(S(=O)(=O)Nc4ccc(C)cc4)ccc3N(Cc3ccccc3)[C@H]2c2ccc(Oc3ccccc3)cc2)cc1.